The Morgan fingerprint density at radius 3 is 2.52 bits per heavy atom. The number of thiophene rings is 1. The van der Waals surface area contributed by atoms with Gasteiger partial charge in [0, 0.05) is 19.6 Å². The van der Waals surface area contributed by atoms with E-state index in [-0.39, 0.29) is 0 Å². The van der Waals surface area contributed by atoms with Crippen LogP contribution in [0.3, 0.4) is 0 Å². The van der Waals surface area contributed by atoms with Crippen LogP contribution >= 0.6 is 11.3 Å². The molecule has 3 rings (SSSR count). The fourth-order valence-corrected chi connectivity index (χ4v) is 5.21. The molecule has 0 fully saturated rings. The molecule has 0 bridgehead atoms. The van der Waals surface area contributed by atoms with Gasteiger partial charge in [-0.3, -0.25) is 0 Å². The number of fused-ring (bicyclic) bond motifs is 1. The number of nitrogens with zero attached hydrogens (tertiary/aromatic N) is 1. The summed E-state index contributed by atoms with van der Waals surface area (Å²) in [5, 5.41) is 5.13. The maximum absolute atomic E-state index is 12.7. The van der Waals surface area contributed by atoms with Crippen molar-refractivity contribution in [1.82, 2.24) is 9.62 Å². The molecule has 4 nitrogen and oxygen atoms in total. The second-order valence-corrected chi connectivity index (χ2v) is 8.17. The second-order valence-electron chi connectivity index (χ2n) is 5.10. The van der Waals surface area contributed by atoms with E-state index in [9.17, 15) is 8.42 Å². The van der Waals surface area contributed by atoms with Gasteiger partial charge in [0.15, 0.2) is 0 Å². The van der Waals surface area contributed by atoms with Crippen molar-refractivity contribution < 1.29 is 8.42 Å². The zero-order valence-corrected chi connectivity index (χ0v) is 13.5. The van der Waals surface area contributed by atoms with Gasteiger partial charge in [-0.1, -0.05) is 31.2 Å². The van der Waals surface area contributed by atoms with Gasteiger partial charge in [0.05, 0.1) is 0 Å². The summed E-state index contributed by atoms with van der Waals surface area (Å²) in [7, 11) is -3.39. The molecule has 1 aromatic carbocycles. The standard InChI is InChI=1S/C15H18N2O2S2/c1-2-16-8-12-7-15(20-11-12)21(18,19)17-9-13-5-3-4-6-14(13)10-17/h3-7,11,16H,2,8-10H2,1H3. The molecule has 2 aromatic rings. The van der Waals surface area contributed by atoms with Crippen LogP contribution in [0.25, 0.3) is 0 Å². The van der Waals surface area contributed by atoms with Crippen LogP contribution < -0.4 is 5.32 Å². The number of hydrogen-bond donors (Lipinski definition) is 1. The number of sulfonamides is 1. The number of hydrogen-bond acceptors (Lipinski definition) is 4. The molecule has 1 aromatic heterocycles. The van der Waals surface area contributed by atoms with E-state index in [4.69, 9.17) is 0 Å². The minimum atomic E-state index is -3.39. The molecule has 0 radical (unpaired) electrons. The molecule has 2 heterocycles. The molecule has 0 saturated carbocycles. The van der Waals surface area contributed by atoms with E-state index in [0.717, 1.165) is 23.2 Å². The lowest BCUT2D eigenvalue weighted by atomic mass is 10.1. The maximum Gasteiger partial charge on any atom is 0.253 e. The summed E-state index contributed by atoms with van der Waals surface area (Å²) in [6.07, 6.45) is 0. The van der Waals surface area contributed by atoms with Gasteiger partial charge in [-0.2, -0.15) is 4.31 Å². The first-order valence-electron chi connectivity index (χ1n) is 6.96. The van der Waals surface area contributed by atoms with Crippen LogP contribution in [0.2, 0.25) is 0 Å². The molecule has 0 amide bonds. The lowest BCUT2D eigenvalue weighted by molar-refractivity contribution is 0.433. The van der Waals surface area contributed by atoms with E-state index >= 15 is 0 Å². The Labute approximate surface area is 129 Å². The first kappa shape index (κ1) is 14.7. The maximum atomic E-state index is 12.7. The van der Waals surface area contributed by atoms with Gasteiger partial charge < -0.3 is 5.32 Å². The quantitative estimate of drug-likeness (QED) is 0.920. The van der Waals surface area contributed by atoms with E-state index < -0.39 is 10.0 Å². The molecule has 0 aliphatic carbocycles. The smallest absolute Gasteiger partial charge is 0.253 e. The molecule has 0 saturated heterocycles. The highest BCUT2D eigenvalue weighted by molar-refractivity contribution is 7.91. The molecule has 0 unspecified atom stereocenters. The summed E-state index contributed by atoms with van der Waals surface area (Å²) in [6.45, 7) is 4.56. The van der Waals surface area contributed by atoms with Crippen molar-refractivity contribution in [1.29, 1.82) is 0 Å². The largest absolute Gasteiger partial charge is 0.313 e. The highest BCUT2D eigenvalue weighted by Gasteiger charge is 2.31. The predicted octanol–water partition coefficient (Wildman–Crippen LogP) is 2.56. The number of rotatable bonds is 5. The third kappa shape index (κ3) is 2.89. The van der Waals surface area contributed by atoms with E-state index in [1.54, 1.807) is 10.4 Å². The summed E-state index contributed by atoms with van der Waals surface area (Å²) in [6, 6.07) is 9.68. The summed E-state index contributed by atoms with van der Waals surface area (Å²) in [5.74, 6) is 0. The van der Waals surface area contributed by atoms with Gasteiger partial charge in [0.25, 0.3) is 10.0 Å². The molecule has 6 heteroatoms. The Kier molecular flexibility index (Phi) is 4.12. The second kappa shape index (κ2) is 5.88. The lowest BCUT2D eigenvalue weighted by Crippen LogP contribution is -2.24. The Morgan fingerprint density at radius 1 is 1.24 bits per heavy atom. The van der Waals surface area contributed by atoms with Crippen LogP contribution in [-0.2, 0) is 29.7 Å². The first-order valence-corrected chi connectivity index (χ1v) is 9.28. The molecular formula is C15H18N2O2S2. The molecule has 21 heavy (non-hydrogen) atoms. The van der Waals surface area contributed by atoms with Crippen LogP contribution in [0.5, 0.6) is 0 Å². The SMILES string of the molecule is CCNCc1csc(S(=O)(=O)N2Cc3ccccc3C2)c1. The molecular weight excluding hydrogens is 304 g/mol. The Bertz CT molecular complexity index is 713. The van der Waals surface area contributed by atoms with Crippen molar-refractivity contribution in [2.45, 2.75) is 30.8 Å². The highest BCUT2D eigenvalue weighted by Crippen LogP contribution is 2.31. The first-order chi connectivity index (χ1) is 10.1. The minimum absolute atomic E-state index is 0.434. The van der Waals surface area contributed by atoms with Gasteiger partial charge in [0.2, 0.25) is 0 Å². The van der Waals surface area contributed by atoms with E-state index in [0.29, 0.717) is 23.8 Å². The van der Waals surface area contributed by atoms with Crippen LogP contribution in [0.4, 0.5) is 0 Å². The minimum Gasteiger partial charge on any atom is -0.313 e. The Hall–Kier alpha value is -1.21. The van der Waals surface area contributed by atoms with E-state index in [1.165, 1.54) is 11.3 Å². The van der Waals surface area contributed by atoms with Crippen molar-refractivity contribution in [3.05, 3.63) is 52.4 Å². The van der Waals surface area contributed by atoms with Crippen molar-refractivity contribution in [3.63, 3.8) is 0 Å². The molecule has 1 N–H and O–H groups in total. The topological polar surface area (TPSA) is 49.4 Å². The van der Waals surface area contributed by atoms with Crippen molar-refractivity contribution in [3.8, 4) is 0 Å². The number of benzene rings is 1. The summed E-state index contributed by atoms with van der Waals surface area (Å²) in [5.41, 5.74) is 3.23. The fraction of sp³-hybridized carbons (Fsp3) is 0.333. The van der Waals surface area contributed by atoms with Gasteiger partial charge >= 0.3 is 0 Å². The highest BCUT2D eigenvalue weighted by atomic mass is 32.2. The average molecular weight is 322 g/mol. The zero-order valence-electron chi connectivity index (χ0n) is 11.9. The molecule has 1 aliphatic heterocycles. The van der Waals surface area contributed by atoms with Crippen molar-refractivity contribution in [2.75, 3.05) is 6.54 Å². The molecule has 0 atom stereocenters. The van der Waals surface area contributed by atoms with Gasteiger partial charge in [-0.05, 0) is 34.7 Å². The van der Waals surface area contributed by atoms with Crippen LogP contribution in [0.15, 0.2) is 39.9 Å². The molecule has 0 spiro atoms. The molecule has 1 aliphatic rings. The third-order valence-electron chi connectivity index (χ3n) is 3.61. The van der Waals surface area contributed by atoms with Crippen LogP contribution in [0.1, 0.15) is 23.6 Å². The van der Waals surface area contributed by atoms with Crippen molar-refractivity contribution in [2.24, 2.45) is 0 Å². The third-order valence-corrected chi connectivity index (χ3v) is 6.87. The monoisotopic (exact) mass is 322 g/mol. The zero-order chi connectivity index (χ0) is 14.9. The Morgan fingerprint density at radius 2 is 1.90 bits per heavy atom. The van der Waals surface area contributed by atoms with Gasteiger partial charge in [-0.25, -0.2) is 8.42 Å². The van der Waals surface area contributed by atoms with Crippen molar-refractivity contribution >= 4 is 21.4 Å². The summed E-state index contributed by atoms with van der Waals surface area (Å²) in [4.78, 5) is 0. The average Bonchev–Trinajstić information content (AvgIpc) is 3.12. The van der Waals surface area contributed by atoms with E-state index in [1.807, 2.05) is 36.6 Å². The number of nitrogens with one attached hydrogen (secondary N) is 1. The summed E-state index contributed by atoms with van der Waals surface area (Å²) >= 11 is 1.30. The normalized spacial score (nSPS) is 15.3. The fourth-order valence-electron chi connectivity index (χ4n) is 2.45. The van der Waals surface area contributed by atoms with E-state index in [2.05, 4.69) is 5.32 Å². The summed E-state index contributed by atoms with van der Waals surface area (Å²) < 4.78 is 27.4. The van der Waals surface area contributed by atoms with Crippen LogP contribution in [0, 0.1) is 0 Å². The lowest BCUT2D eigenvalue weighted by Gasteiger charge is -2.13. The van der Waals surface area contributed by atoms with Gasteiger partial charge in [-0.15, -0.1) is 11.3 Å². The van der Waals surface area contributed by atoms with Crippen LogP contribution in [-0.4, -0.2) is 19.3 Å². The Balaban J connectivity index is 1.80. The molecule has 112 valence electrons. The van der Waals surface area contributed by atoms with Gasteiger partial charge in [0.1, 0.15) is 4.21 Å². The predicted molar refractivity (Wildman–Crippen MR) is 84.6 cm³/mol.